The number of amides is 1. The summed E-state index contributed by atoms with van der Waals surface area (Å²) >= 11 is 0. The first kappa shape index (κ1) is 12.6. The minimum Gasteiger partial charge on any atom is -0.338 e. The molecule has 0 atom stereocenters. The Morgan fingerprint density at radius 3 is 2.75 bits per heavy atom. The summed E-state index contributed by atoms with van der Waals surface area (Å²) in [6.45, 7) is 2.38. The Hall–Kier alpha value is -2.43. The van der Waals surface area contributed by atoms with Crippen LogP contribution in [-0.4, -0.2) is 27.8 Å². The number of anilines is 1. The maximum atomic E-state index is 12.1. The number of fused-ring (bicyclic) bond motifs is 1. The van der Waals surface area contributed by atoms with Crippen LogP contribution in [0.3, 0.4) is 0 Å². The number of hydrogen-bond donors (Lipinski definition) is 0. The van der Waals surface area contributed by atoms with E-state index in [0.717, 1.165) is 11.4 Å². The fourth-order valence-electron chi connectivity index (χ4n) is 2.49. The Bertz CT molecular complexity index is 703. The van der Waals surface area contributed by atoms with Crippen molar-refractivity contribution in [2.75, 3.05) is 11.4 Å². The highest BCUT2D eigenvalue weighted by atomic mass is 16.2. The zero-order valence-corrected chi connectivity index (χ0v) is 11.5. The van der Waals surface area contributed by atoms with Gasteiger partial charge in [-0.15, -0.1) is 0 Å². The van der Waals surface area contributed by atoms with Gasteiger partial charge in [-0.2, -0.15) is 0 Å². The van der Waals surface area contributed by atoms with E-state index in [-0.39, 0.29) is 0 Å². The van der Waals surface area contributed by atoms with Crippen LogP contribution in [0.1, 0.15) is 21.7 Å². The van der Waals surface area contributed by atoms with Gasteiger partial charge in [0.15, 0.2) is 0 Å². The molecule has 0 fully saturated rings. The second-order valence-electron chi connectivity index (χ2n) is 5.01. The second-order valence-corrected chi connectivity index (χ2v) is 5.01. The highest BCUT2D eigenvalue weighted by Crippen LogP contribution is 2.29. The van der Waals surface area contributed by atoms with Gasteiger partial charge < -0.3 is 9.47 Å². The van der Waals surface area contributed by atoms with E-state index in [1.165, 1.54) is 0 Å². The number of ketones is 1. The Kier molecular flexibility index (Phi) is 2.89. The SMILES string of the molecule is Cc1ccc2c(c1)C(=O)C(=O)N2CCc1nccn1C. The molecule has 0 N–H and O–H groups in total. The lowest BCUT2D eigenvalue weighted by Crippen LogP contribution is -2.32. The maximum absolute atomic E-state index is 12.1. The van der Waals surface area contributed by atoms with Gasteiger partial charge in [0.1, 0.15) is 5.82 Å². The van der Waals surface area contributed by atoms with Crippen molar-refractivity contribution >= 4 is 17.4 Å². The average molecular weight is 269 g/mol. The molecule has 5 heteroatoms. The molecule has 102 valence electrons. The van der Waals surface area contributed by atoms with Crippen molar-refractivity contribution in [1.82, 2.24) is 9.55 Å². The molecule has 1 aromatic carbocycles. The first-order chi connectivity index (χ1) is 9.58. The number of Topliss-reactive ketones (excluding diaryl/α,β-unsaturated/α-hetero) is 1. The van der Waals surface area contributed by atoms with Gasteiger partial charge in [0, 0.05) is 32.4 Å². The number of nitrogens with zero attached hydrogens (tertiary/aromatic N) is 3. The third-order valence-electron chi connectivity index (χ3n) is 3.61. The minimum absolute atomic E-state index is 0.413. The predicted molar refractivity (Wildman–Crippen MR) is 74.8 cm³/mol. The first-order valence-electron chi connectivity index (χ1n) is 6.51. The number of carbonyl (C=O) groups is 2. The number of aryl methyl sites for hydroxylation is 2. The number of imidazole rings is 1. The first-order valence-corrected chi connectivity index (χ1v) is 6.51. The van der Waals surface area contributed by atoms with E-state index in [4.69, 9.17) is 0 Å². The molecule has 0 saturated heterocycles. The van der Waals surface area contributed by atoms with Crippen LogP contribution in [0.5, 0.6) is 0 Å². The lowest BCUT2D eigenvalue weighted by Gasteiger charge is -2.16. The van der Waals surface area contributed by atoms with Crippen LogP contribution < -0.4 is 4.90 Å². The molecule has 5 nitrogen and oxygen atoms in total. The number of benzene rings is 1. The van der Waals surface area contributed by atoms with Crippen molar-refractivity contribution in [3.8, 4) is 0 Å². The van der Waals surface area contributed by atoms with Gasteiger partial charge in [-0.3, -0.25) is 9.59 Å². The Morgan fingerprint density at radius 1 is 1.25 bits per heavy atom. The monoisotopic (exact) mass is 269 g/mol. The van der Waals surface area contributed by atoms with Crippen LogP contribution in [0.2, 0.25) is 0 Å². The van der Waals surface area contributed by atoms with E-state index in [1.54, 1.807) is 17.2 Å². The van der Waals surface area contributed by atoms with Gasteiger partial charge >= 0.3 is 0 Å². The fourth-order valence-corrected chi connectivity index (χ4v) is 2.49. The Labute approximate surface area is 116 Å². The summed E-state index contributed by atoms with van der Waals surface area (Å²) in [6.07, 6.45) is 4.21. The molecule has 0 aliphatic carbocycles. The molecule has 0 radical (unpaired) electrons. The van der Waals surface area contributed by atoms with E-state index < -0.39 is 11.7 Å². The molecule has 1 aliphatic heterocycles. The van der Waals surface area contributed by atoms with Crippen molar-refractivity contribution in [3.63, 3.8) is 0 Å². The average Bonchev–Trinajstić information content (AvgIpc) is 2.93. The summed E-state index contributed by atoms with van der Waals surface area (Å²) in [7, 11) is 1.91. The summed E-state index contributed by atoms with van der Waals surface area (Å²) in [5, 5.41) is 0. The highest BCUT2D eigenvalue weighted by molar-refractivity contribution is 6.52. The molecule has 0 saturated carbocycles. The molecule has 0 unspecified atom stereocenters. The Morgan fingerprint density at radius 2 is 2.05 bits per heavy atom. The van der Waals surface area contributed by atoms with E-state index in [2.05, 4.69) is 4.98 Å². The molecule has 2 aromatic rings. The molecular formula is C15H15N3O2. The molecule has 1 aliphatic rings. The van der Waals surface area contributed by atoms with Gasteiger partial charge in [0.2, 0.25) is 0 Å². The van der Waals surface area contributed by atoms with E-state index in [1.807, 2.05) is 36.9 Å². The van der Waals surface area contributed by atoms with Crippen molar-refractivity contribution in [1.29, 1.82) is 0 Å². The van der Waals surface area contributed by atoms with Gasteiger partial charge in [-0.1, -0.05) is 11.6 Å². The lowest BCUT2D eigenvalue weighted by atomic mass is 10.1. The summed E-state index contributed by atoms with van der Waals surface area (Å²) < 4.78 is 1.92. The quantitative estimate of drug-likeness (QED) is 0.793. The summed E-state index contributed by atoms with van der Waals surface area (Å²) in [5.41, 5.74) is 2.20. The molecule has 0 bridgehead atoms. The van der Waals surface area contributed by atoms with Crippen molar-refractivity contribution in [2.45, 2.75) is 13.3 Å². The lowest BCUT2D eigenvalue weighted by molar-refractivity contribution is -0.114. The minimum atomic E-state index is -0.445. The van der Waals surface area contributed by atoms with Crippen LogP contribution >= 0.6 is 0 Å². The molecular weight excluding hydrogens is 254 g/mol. The van der Waals surface area contributed by atoms with Gasteiger partial charge in [-0.05, 0) is 19.1 Å². The van der Waals surface area contributed by atoms with Crippen LogP contribution in [0.15, 0.2) is 30.6 Å². The molecule has 1 amide bonds. The molecule has 1 aromatic heterocycles. The number of rotatable bonds is 3. The van der Waals surface area contributed by atoms with Gasteiger partial charge in [0.05, 0.1) is 11.3 Å². The number of aromatic nitrogens is 2. The largest absolute Gasteiger partial charge is 0.338 e. The summed E-state index contributed by atoms with van der Waals surface area (Å²) in [5.74, 6) is 0.0363. The predicted octanol–water partition coefficient (Wildman–Crippen LogP) is 1.50. The number of carbonyl (C=O) groups excluding carboxylic acids is 2. The third kappa shape index (κ3) is 1.91. The molecule has 0 spiro atoms. The number of hydrogen-bond acceptors (Lipinski definition) is 3. The van der Waals surface area contributed by atoms with E-state index in [0.29, 0.717) is 24.2 Å². The standard InChI is InChI=1S/C15H15N3O2/c1-10-3-4-12-11(9-10)14(19)15(20)18(12)7-5-13-16-6-8-17(13)2/h3-4,6,8-9H,5,7H2,1-2H3. The van der Waals surface area contributed by atoms with E-state index in [9.17, 15) is 9.59 Å². The summed E-state index contributed by atoms with van der Waals surface area (Å²) in [6, 6.07) is 5.53. The molecule has 3 rings (SSSR count). The highest BCUT2D eigenvalue weighted by Gasteiger charge is 2.35. The normalized spacial score (nSPS) is 14.0. The fraction of sp³-hybridized carbons (Fsp3) is 0.267. The van der Waals surface area contributed by atoms with Crippen LogP contribution in [0.4, 0.5) is 5.69 Å². The van der Waals surface area contributed by atoms with Crippen LogP contribution in [-0.2, 0) is 18.3 Å². The third-order valence-corrected chi connectivity index (χ3v) is 3.61. The summed E-state index contributed by atoms with van der Waals surface area (Å²) in [4.78, 5) is 29.8. The zero-order valence-electron chi connectivity index (χ0n) is 11.5. The van der Waals surface area contributed by atoms with Gasteiger partial charge in [0.25, 0.3) is 11.7 Å². The van der Waals surface area contributed by atoms with Crippen molar-refractivity contribution in [3.05, 3.63) is 47.5 Å². The van der Waals surface area contributed by atoms with Crippen LogP contribution in [0, 0.1) is 6.92 Å². The maximum Gasteiger partial charge on any atom is 0.299 e. The smallest absolute Gasteiger partial charge is 0.299 e. The van der Waals surface area contributed by atoms with Crippen molar-refractivity contribution < 1.29 is 9.59 Å². The molecule has 20 heavy (non-hydrogen) atoms. The van der Waals surface area contributed by atoms with Crippen LogP contribution in [0.25, 0.3) is 0 Å². The van der Waals surface area contributed by atoms with Gasteiger partial charge in [-0.25, -0.2) is 4.98 Å². The second kappa shape index (κ2) is 4.59. The zero-order chi connectivity index (χ0) is 14.3. The topological polar surface area (TPSA) is 55.2 Å². The van der Waals surface area contributed by atoms with Crippen molar-refractivity contribution in [2.24, 2.45) is 7.05 Å². The molecule has 2 heterocycles. The Balaban J connectivity index is 1.86. The van der Waals surface area contributed by atoms with E-state index >= 15 is 0 Å².